The van der Waals surface area contributed by atoms with Crippen LogP contribution in [0.1, 0.15) is 38.4 Å². The molecule has 0 saturated heterocycles. The van der Waals surface area contributed by atoms with Crippen molar-refractivity contribution in [1.82, 2.24) is 10.3 Å². The van der Waals surface area contributed by atoms with Crippen molar-refractivity contribution >= 4 is 17.4 Å². The fourth-order valence-corrected chi connectivity index (χ4v) is 2.13. The lowest BCUT2D eigenvalue weighted by atomic mass is 10.0. The number of nitrogens with zero attached hydrogens (tertiary/aromatic N) is 1. The van der Waals surface area contributed by atoms with Crippen LogP contribution in [-0.4, -0.2) is 18.1 Å². The smallest absolute Gasteiger partial charge is 0.0901 e. The van der Waals surface area contributed by atoms with Crippen LogP contribution in [0.5, 0.6) is 0 Å². The van der Waals surface area contributed by atoms with Crippen LogP contribution in [0.25, 0.3) is 6.08 Å². The van der Waals surface area contributed by atoms with Crippen LogP contribution in [0.4, 0.5) is 0 Å². The van der Waals surface area contributed by atoms with Gasteiger partial charge in [-0.3, -0.25) is 0 Å². The minimum Gasteiger partial charge on any atom is -0.313 e. The molecule has 0 aliphatic rings. The zero-order valence-electron chi connectivity index (χ0n) is 11.6. The Balaban J connectivity index is 2.62. The number of rotatable bonds is 6. The summed E-state index contributed by atoms with van der Waals surface area (Å²) in [6, 6.07) is 0. The minimum absolute atomic E-state index is 0.566. The largest absolute Gasteiger partial charge is 0.313 e. The first-order valence-electron chi connectivity index (χ1n) is 6.32. The molecule has 1 aromatic rings. The molecule has 2 nitrogen and oxygen atoms in total. The lowest BCUT2D eigenvalue weighted by Gasteiger charge is -2.13. The van der Waals surface area contributed by atoms with E-state index in [1.165, 1.54) is 5.57 Å². The van der Waals surface area contributed by atoms with Gasteiger partial charge in [-0.2, -0.15) is 0 Å². The summed E-state index contributed by atoms with van der Waals surface area (Å²) in [6.45, 7) is 13.0. The third-order valence-electron chi connectivity index (χ3n) is 2.59. The number of aromatic nitrogens is 1. The van der Waals surface area contributed by atoms with Gasteiger partial charge in [0.15, 0.2) is 0 Å². The Morgan fingerprint density at radius 2 is 2.12 bits per heavy atom. The summed E-state index contributed by atoms with van der Waals surface area (Å²) >= 11 is 1.71. The lowest BCUT2D eigenvalue weighted by molar-refractivity contribution is 0.558. The summed E-state index contributed by atoms with van der Waals surface area (Å²) in [5.74, 6) is 1.27. The number of nitrogens with one attached hydrogen (secondary N) is 1. The maximum Gasteiger partial charge on any atom is 0.0901 e. The van der Waals surface area contributed by atoms with E-state index in [1.807, 2.05) is 6.92 Å². The number of hydrogen-bond acceptors (Lipinski definition) is 3. The highest BCUT2D eigenvalue weighted by Gasteiger charge is 2.05. The maximum atomic E-state index is 4.49. The van der Waals surface area contributed by atoms with E-state index in [4.69, 9.17) is 0 Å². The predicted molar refractivity (Wildman–Crippen MR) is 77.4 cm³/mol. The Morgan fingerprint density at radius 3 is 2.59 bits per heavy atom. The molecule has 0 atom stereocenters. The van der Waals surface area contributed by atoms with Crippen molar-refractivity contribution in [2.45, 2.75) is 34.6 Å². The molecule has 17 heavy (non-hydrogen) atoms. The molecule has 0 saturated carbocycles. The maximum absolute atomic E-state index is 4.49. The molecule has 0 radical (unpaired) electrons. The van der Waals surface area contributed by atoms with Gasteiger partial charge >= 0.3 is 0 Å². The summed E-state index contributed by atoms with van der Waals surface area (Å²) in [5.41, 5.74) is 2.53. The Hall–Kier alpha value is -0.670. The summed E-state index contributed by atoms with van der Waals surface area (Å²) in [7, 11) is 0. The zero-order chi connectivity index (χ0) is 12.8. The van der Waals surface area contributed by atoms with Gasteiger partial charge < -0.3 is 5.32 Å². The highest BCUT2D eigenvalue weighted by molar-refractivity contribution is 7.09. The molecule has 0 fully saturated rings. The topological polar surface area (TPSA) is 24.9 Å². The molecule has 96 valence electrons. The highest BCUT2D eigenvalue weighted by Crippen LogP contribution is 2.16. The van der Waals surface area contributed by atoms with E-state index in [1.54, 1.807) is 11.3 Å². The second-order valence-corrected chi connectivity index (χ2v) is 6.25. The SMILES string of the molecule is Cc1nc(C=C(CNCC(C)C)C(C)C)cs1. The normalized spacial score (nSPS) is 12.8. The van der Waals surface area contributed by atoms with Crippen molar-refractivity contribution in [2.75, 3.05) is 13.1 Å². The summed E-state index contributed by atoms with van der Waals surface area (Å²) in [5, 5.41) is 6.76. The molecular weight excluding hydrogens is 228 g/mol. The molecule has 0 aliphatic heterocycles. The quantitative estimate of drug-likeness (QED) is 0.834. The van der Waals surface area contributed by atoms with Gasteiger partial charge in [-0.1, -0.05) is 33.3 Å². The van der Waals surface area contributed by atoms with Gasteiger partial charge in [-0.25, -0.2) is 4.98 Å². The lowest BCUT2D eigenvalue weighted by Crippen LogP contribution is -2.23. The number of aryl methyl sites for hydroxylation is 1. The van der Waals surface area contributed by atoms with Gasteiger partial charge in [-0.15, -0.1) is 11.3 Å². The predicted octanol–water partition coefficient (Wildman–Crippen LogP) is 3.74. The first-order chi connectivity index (χ1) is 7.99. The van der Waals surface area contributed by atoms with E-state index in [0.717, 1.165) is 23.8 Å². The van der Waals surface area contributed by atoms with Crippen LogP contribution in [0, 0.1) is 18.8 Å². The monoisotopic (exact) mass is 252 g/mol. The minimum atomic E-state index is 0.566. The second kappa shape index (κ2) is 6.92. The van der Waals surface area contributed by atoms with E-state index in [0.29, 0.717) is 11.8 Å². The molecule has 0 aliphatic carbocycles. The average molecular weight is 252 g/mol. The van der Waals surface area contributed by atoms with Crippen LogP contribution < -0.4 is 5.32 Å². The van der Waals surface area contributed by atoms with Crippen LogP contribution in [0.2, 0.25) is 0 Å². The van der Waals surface area contributed by atoms with Gasteiger partial charge in [0.25, 0.3) is 0 Å². The van der Waals surface area contributed by atoms with Crippen molar-refractivity contribution in [3.05, 3.63) is 21.7 Å². The molecule has 0 bridgehead atoms. The number of hydrogen-bond donors (Lipinski definition) is 1. The van der Waals surface area contributed by atoms with Gasteiger partial charge in [0.1, 0.15) is 0 Å². The van der Waals surface area contributed by atoms with E-state index < -0.39 is 0 Å². The van der Waals surface area contributed by atoms with Crippen molar-refractivity contribution in [3.8, 4) is 0 Å². The molecule has 0 spiro atoms. The van der Waals surface area contributed by atoms with Gasteiger partial charge in [-0.05, 0) is 31.4 Å². The van der Waals surface area contributed by atoms with Crippen LogP contribution in [0.15, 0.2) is 11.0 Å². The molecule has 0 unspecified atom stereocenters. The molecular formula is C14H24N2S. The molecule has 1 heterocycles. The fourth-order valence-electron chi connectivity index (χ4n) is 1.56. The summed E-state index contributed by atoms with van der Waals surface area (Å²) in [6.07, 6.45) is 2.22. The molecule has 3 heteroatoms. The first-order valence-corrected chi connectivity index (χ1v) is 7.20. The Kier molecular flexibility index (Phi) is 5.86. The Morgan fingerprint density at radius 1 is 1.41 bits per heavy atom. The number of thiazole rings is 1. The van der Waals surface area contributed by atoms with Crippen LogP contribution in [0.3, 0.4) is 0 Å². The van der Waals surface area contributed by atoms with E-state index >= 15 is 0 Å². The average Bonchev–Trinajstić information content (AvgIpc) is 2.62. The third-order valence-corrected chi connectivity index (χ3v) is 3.39. The van der Waals surface area contributed by atoms with E-state index in [-0.39, 0.29) is 0 Å². The van der Waals surface area contributed by atoms with Crippen molar-refractivity contribution < 1.29 is 0 Å². The molecule has 1 aromatic heterocycles. The van der Waals surface area contributed by atoms with E-state index in [9.17, 15) is 0 Å². The molecule has 0 amide bonds. The first kappa shape index (κ1) is 14.4. The van der Waals surface area contributed by atoms with Crippen molar-refractivity contribution in [2.24, 2.45) is 11.8 Å². The van der Waals surface area contributed by atoms with Gasteiger partial charge in [0, 0.05) is 11.9 Å². The van der Waals surface area contributed by atoms with Gasteiger partial charge in [0.2, 0.25) is 0 Å². The zero-order valence-corrected chi connectivity index (χ0v) is 12.4. The summed E-state index contributed by atoms with van der Waals surface area (Å²) < 4.78 is 0. The van der Waals surface area contributed by atoms with Gasteiger partial charge in [0.05, 0.1) is 10.7 Å². The summed E-state index contributed by atoms with van der Waals surface area (Å²) in [4.78, 5) is 4.49. The van der Waals surface area contributed by atoms with Crippen LogP contribution in [-0.2, 0) is 0 Å². The standard InChI is InChI=1S/C14H24N2S/c1-10(2)7-15-8-13(11(3)4)6-14-9-17-12(5)16-14/h6,9-11,15H,7-8H2,1-5H3. The fraction of sp³-hybridized carbons (Fsp3) is 0.643. The second-order valence-electron chi connectivity index (χ2n) is 5.19. The highest BCUT2D eigenvalue weighted by atomic mass is 32.1. The van der Waals surface area contributed by atoms with Crippen molar-refractivity contribution in [1.29, 1.82) is 0 Å². The molecule has 0 aromatic carbocycles. The van der Waals surface area contributed by atoms with E-state index in [2.05, 4.69) is 49.5 Å². The van der Waals surface area contributed by atoms with Crippen LogP contribution >= 0.6 is 11.3 Å². The Labute approximate surface area is 109 Å². The Bertz CT molecular complexity index is 364. The molecule has 1 rings (SSSR count). The third kappa shape index (κ3) is 5.46. The van der Waals surface area contributed by atoms with Crippen molar-refractivity contribution in [3.63, 3.8) is 0 Å². The molecule has 1 N–H and O–H groups in total.